The molecule has 0 radical (unpaired) electrons. The third-order valence-corrected chi connectivity index (χ3v) is 3.51. The number of nitrogens with one attached hydrogen (secondary N) is 1. The third-order valence-electron chi connectivity index (χ3n) is 2.11. The second kappa shape index (κ2) is 5.28. The molecule has 0 heterocycles. The Hall–Kier alpha value is -0.120. The van der Waals surface area contributed by atoms with Gasteiger partial charge in [-0.15, -0.1) is 11.6 Å². The quantitative estimate of drug-likeness (QED) is 0.835. The Bertz CT molecular complexity index is 341. The summed E-state index contributed by atoms with van der Waals surface area (Å²) in [6.45, 7) is 4.72. The Morgan fingerprint density at radius 2 is 2.13 bits per heavy atom. The standard InChI is InChI=1S/C11H14BrClFN/c1-11(2,7-13)15-6-8-3-4-9(14)5-10(8)12/h3-5,15H,6-7H2,1-2H3. The lowest BCUT2D eigenvalue weighted by Crippen LogP contribution is -2.40. The van der Waals surface area contributed by atoms with Crippen molar-refractivity contribution in [2.75, 3.05) is 5.88 Å². The molecule has 15 heavy (non-hydrogen) atoms. The summed E-state index contributed by atoms with van der Waals surface area (Å²) >= 11 is 9.11. The minimum absolute atomic E-state index is 0.116. The minimum atomic E-state index is -0.234. The van der Waals surface area contributed by atoms with Crippen LogP contribution in [-0.2, 0) is 6.54 Å². The molecule has 0 saturated carbocycles. The summed E-state index contributed by atoms with van der Waals surface area (Å²) < 4.78 is 13.6. The first-order valence-electron chi connectivity index (χ1n) is 4.69. The maximum Gasteiger partial charge on any atom is 0.124 e. The lowest BCUT2D eigenvalue weighted by atomic mass is 10.1. The van der Waals surface area contributed by atoms with Crippen molar-refractivity contribution in [3.63, 3.8) is 0 Å². The van der Waals surface area contributed by atoms with Crippen molar-refractivity contribution in [1.82, 2.24) is 5.32 Å². The highest BCUT2D eigenvalue weighted by Gasteiger charge is 2.15. The van der Waals surface area contributed by atoms with E-state index in [2.05, 4.69) is 21.2 Å². The van der Waals surface area contributed by atoms with Gasteiger partial charge in [-0.25, -0.2) is 4.39 Å². The van der Waals surface area contributed by atoms with Gasteiger partial charge in [0.05, 0.1) is 0 Å². The molecule has 1 rings (SSSR count). The Kier molecular flexibility index (Phi) is 4.56. The van der Waals surface area contributed by atoms with Crippen LogP contribution < -0.4 is 5.32 Å². The van der Waals surface area contributed by atoms with Crippen molar-refractivity contribution in [3.8, 4) is 0 Å². The van der Waals surface area contributed by atoms with Crippen LogP contribution in [0.4, 0.5) is 4.39 Å². The van der Waals surface area contributed by atoms with E-state index in [0.29, 0.717) is 12.4 Å². The molecule has 1 aromatic carbocycles. The van der Waals surface area contributed by atoms with Crippen molar-refractivity contribution in [1.29, 1.82) is 0 Å². The van der Waals surface area contributed by atoms with Crippen molar-refractivity contribution in [3.05, 3.63) is 34.1 Å². The zero-order valence-electron chi connectivity index (χ0n) is 8.78. The molecule has 0 unspecified atom stereocenters. The predicted molar refractivity (Wildman–Crippen MR) is 65.7 cm³/mol. The number of rotatable bonds is 4. The van der Waals surface area contributed by atoms with Crippen LogP contribution in [0.25, 0.3) is 0 Å². The van der Waals surface area contributed by atoms with E-state index in [1.807, 2.05) is 13.8 Å². The van der Waals surface area contributed by atoms with Crippen LogP contribution in [0.2, 0.25) is 0 Å². The molecule has 84 valence electrons. The summed E-state index contributed by atoms with van der Waals surface area (Å²) in [5.41, 5.74) is 0.907. The molecule has 0 aliphatic heterocycles. The molecule has 4 heteroatoms. The lowest BCUT2D eigenvalue weighted by Gasteiger charge is -2.23. The molecule has 1 nitrogen and oxygen atoms in total. The molecule has 0 aliphatic rings. The minimum Gasteiger partial charge on any atom is -0.307 e. The van der Waals surface area contributed by atoms with Crippen LogP contribution in [0.1, 0.15) is 19.4 Å². The average molecular weight is 295 g/mol. The molecule has 0 aromatic heterocycles. The molecule has 1 aromatic rings. The number of halogens is 3. The van der Waals surface area contributed by atoms with Gasteiger partial charge in [-0.1, -0.05) is 22.0 Å². The summed E-state index contributed by atoms with van der Waals surface area (Å²) in [5.74, 6) is 0.299. The molecule has 0 fully saturated rings. The predicted octanol–water partition coefficient (Wildman–Crippen LogP) is 3.70. The molecule has 1 N–H and O–H groups in total. The van der Waals surface area contributed by atoms with E-state index < -0.39 is 0 Å². The van der Waals surface area contributed by atoms with Crippen LogP contribution in [0.3, 0.4) is 0 Å². The lowest BCUT2D eigenvalue weighted by molar-refractivity contribution is 0.429. The second-order valence-corrected chi connectivity index (χ2v) is 5.23. The molecule has 0 amide bonds. The maximum absolute atomic E-state index is 12.8. The largest absolute Gasteiger partial charge is 0.307 e. The van der Waals surface area contributed by atoms with E-state index in [0.717, 1.165) is 10.0 Å². The smallest absolute Gasteiger partial charge is 0.124 e. The van der Waals surface area contributed by atoms with Crippen LogP contribution >= 0.6 is 27.5 Å². The highest BCUT2D eigenvalue weighted by molar-refractivity contribution is 9.10. The van der Waals surface area contributed by atoms with Gasteiger partial charge in [0.25, 0.3) is 0 Å². The summed E-state index contributed by atoms with van der Waals surface area (Å²) in [4.78, 5) is 0. The third kappa shape index (κ3) is 4.09. The number of alkyl halides is 1. The highest BCUT2D eigenvalue weighted by atomic mass is 79.9. The van der Waals surface area contributed by atoms with Gasteiger partial charge in [-0.3, -0.25) is 0 Å². The van der Waals surface area contributed by atoms with Gasteiger partial charge in [-0.2, -0.15) is 0 Å². The van der Waals surface area contributed by atoms with E-state index in [9.17, 15) is 4.39 Å². The summed E-state index contributed by atoms with van der Waals surface area (Å²) in [5, 5.41) is 3.30. The molecular formula is C11H14BrClFN. The Labute approximate surface area is 103 Å². The van der Waals surface area contributed by atoms with Crippen LogP contribution in [0.5, 0.6) is 0 Å². The van der Waals surface area contributed by atoms with Crippen molar-refractivity contribution in [2.24, 2.45) is 0 Å². The molecule has 0 atom stereocenters. The van der Waals surface area contributed by atoms with Crippen molar-refractivity contribution in [2.45, 2.75) is 25.9 Å². The SMILES string of the molecule is CC(C)(CCl)NCc1ccc(F)cc1Br. The van der Waals surface area contributed by atoms with Gasteiger partial charge in [-0.05, 0) is 31.5 Å². The van der Waals surface area contributed by atoms with Gasteiger partial charge in [0, 0.05) is 22.4 Å². The average Bonchev–Trinajstić information content (AvgIpc) is 2.16. The highest BCUT2D eigenvalue weighted by Crippen LogP contribution is 2.18. The van der Waals surface area contributed by atoms with Crippen LogP contribution in [0.15, 0.2) is 22.7 Å². The number of hydrogen-bond acceptors (Lipinski definition) is 1. The Morgan fingerprint density at radius 3 is 2.67 bits per heavy atom. The number of hydrogen-bond donors (Lipinski definition) is 1. The molecule has 0 aliphatic carbocycles. The normalized spacial score (nSPS) is 11.8. The van der Waals surface area contributed by atoms with E-state index in [-0.39, 0.29) is 11.4 Å². The topological polar surface area (TPSA) is 12.0 Å². The Balaban J connectivity index is 2.66. The fourth-order valence-electron chi connectivity index (χ4n) is 1.05. The first-order chi connectivity index (χ1) is 6.94. The first kappa shape index (κ1) is 12.9. The van der Waals surface area contributed by atoms with E-state index >= 15 is 0 Å². The summed E-state index contributed by atoms with van der Waals surface area (Å²) in [6.07, 6.45) is 0. The van der Waals surface area contributed by atoms with E-state index in [1.54, 1.807) is 6.07 Å². The zero-order valence-corrected chi connectivity index (χ0v) is 11.1. The van der Waals surface area contributed by atoms with Crippen molar-refractivity contribution >= 4 is 27.5 Å². The number of benzene rings is 1. The molecule has 0 saturated heterocycles. The van der Waals surface area contributed by atoms with Gasteiger partial charge in [0.15, 0.2) is 0 Å². The fourth-order valence-corrected chi connectivity index (χ4v) is 1.63. The molecule has 0 spiro atoms. The summed E-state index contributed by atoms with van der Waals surface area (Å²) in [6, 6.07) is 4.68. The second-order valence-electron chi connectivity index (χ2n) is 4.11. The van der Waals surface area contributed by atoms with Gasteiger partial charge in [0.2, 0.25) is 0 Å². The van der Waals surface area contributed by atoms with Crippen LogP contribution in [0, 0.1) is 5.82 Å². The zero-order chi connectivity index (χ0) is 11.5. The van der Waals surface area contributed by atoms with Gasteiger partial charge in [0.1, 0.15) is 5.82 Å². The van der Waals surface area contributed by atoms with E-state index in [1.165, 1.54) is 12.1 Å². The summed E-state index contributed by atoms with van der Waals surface area (Å²) in [7, 11) is 0. The van der Waals surface area contributed by atoms with Crippen LogP contribution in [-0.4, -0.2) is 11.4 Å². The van der Waals surface area contributed by atoms with Crippen molar-refractivity contribution < 1.29 is 4.39 Å². The Morgan fingerprint density at radius 1 is 1.47 bits per heavy atom. The fraction of sp³-hybridized carbons (Fsp3) is 0.455. The van der Waals surface area contributed by atoms with Gasteiger partial charge < -0.3 is 5.32 Å². The monoisotopic (exact) mass is 293 g/mol. The van der Waals surface area contributed by atoms with Gasteiger partial charge >= 0.3 is 0 Å². The van der Waals surface area contributed by atoms with E-state index in [4.69, 9.17) is 11.6 Å². The maximum atomic E-state index is 12.8. The molecular weight excluding hydrogens is 280 g/mol. The molecule has 0 bridgehead atoms. The first-order valence-corrected chi connectivity index (χ1v) is 6.02.